The third-order valence-corrected chi connectivity index (χ3v) is 6.55. The average Bonchev–Trinajstić information content (AvgIpc) is 2.96. The molecule has 43 heavy (non-hydrogen) atoms. The van der Waals surface area contributed by atoms with Crippen LogP contribution in [0.1, 0.15) is 21.5 Å². The van der Waals surface area contributed by atoms with Crippen LogP contribution in [0.2, 0.25) is 0 Å². The molecule has 2 aromatic carbocycles. The molecule has 14 heteroatoms. The molecule has 0 saturated carbocycles. The number of methoxy groups -OCH3 is 1. The molecule has 0 atom stereocenters. The zero-order chi connectivity index (χ0) is 31.1. The topological polar surface area (TPSA) is 120 Å². The number of nitrogens with zero attached hydrogens (tertiary/aromatic N) is 6. The zero-order valence-corrected chi connectivity index (χ0v) is 24.6. The normalized spacial score (nSPS) is 11.6. The van der Waals surface area contributed by atoms with Crippen LogP contribution in [0.3, 0.4) is 0 Å². The number of nitrogens with one attached hydrogen (secondary N) is 3. The Bertz CT molecular complexity index is 1580. The Morgan fingerprint density at radius 3 is 2.53 bits per heavy atom. The van der Waals surface area contributed by atoms with Crippen molar-refractivity contribution in [2.45, 2.75) is 13.1 Å². The molecule has 0 bridgehead atoms. The minimum atomic E-state index is -4.58. The van der Waals surface area contributed by atoms with Gasteiger partial charge in [-0.3, -0.25) is 4.79 Å². The highest BCUT2D eigenvalue weighted by Gasteiger charge is 2.32. The summed E-state index contributed by atoms with van der Waals surface area (Å²) in [6.07, 6.45) is -1.64. The number of aryl methyl sites for hydroxylation is 1. The third kappa shape index (κ3) is 8.26. The number of halogens is 3. The Morgan fingerprint density at radius 2 is 1.81 bits per heavy atom. The number of fused-ring (bicyclic) bond motifs is 1. The fraction of sp³-hybridized carbons (Fsp3) is 0.345. The van der Waals surface area contributed by atoms with E-state index >= 15 is 0 Å². The van der Waals surface area contributed by atoms with E-state index in [1.54, 1.807) is 43.5 Å². The fourth-order valence-electron chi connectivity index (χ4n) is 4.07. The quantitative estimate of drug-likeness (QED) is 0.197. The molecule has 1 amide bonds. The van der Waals surface area contributed by atoms with E-state index in [0.717, 1.165) is 17.7 Å². The maximum atomic E-state index is 13.7. The first-order valence-corrected chi connectivity index (χ1v) is 13.4. The van der Waals surface area contributed by atoms with Gasteiger partial charge < -0.3 is 30.5 Å². The van der Waals surface area contributed by atoms with Gasteiger partial charge >= 0.3 is 6.18 Å². The van der Waals surface area contributed by atoms with Gasteiger partial charge in [-0.2, -0.15) is 13.2 Å². The van der Waals surface area contributed by atoms with Crippen molar-refractivity contribution in [3.05, 3.63) is 65.6 Å². The summed E-state index contributed by atoms with van der Waals surface area (Å²) in [6.45, 7) is 3.98. The molecule has 0 spiro atoms. The van der Waals surface area contributed by atoms with Gasteiger partial charge in [0.25, 0.3) is 5.91 Å². The van der Waals surface area contributed by atoms with Crippen LogP contribution < -0.4 is 20.9 Å². The Balaban J connectivity index is 1.59. The smallest absolute Gasteiger partial charge is 0.383 e. The van der Waals surface area contributed by atoms with Gasteiger partial charge in [0.2, 0.25) is 5.95 Å². The number of hydrogen-bond donors (Lipinski definition) is 3. The average molecular weight is 598 g/mol. The lowest BCUT2D eigenvalue weighted by Crippen LogP contribution is -2.28. The van der Waals surface area contributed by atoms with Crippen LogP contribution in [0.4, 0.5) is 42.0 Å². The number of alkyl halides is 3. The minimum Gasteiger partial charge on any atom is -0.383 e. The number of likely N-dealkylation sites (N-methyl/N-ethyl adjacent to an activating group) is 2. The van der Waals surface area contributed by atoms with Gasteiger partial charge in [0.05, 0.1) is 18.4 Å². The lowest BCUT2D eigenvalue weighted by molar-refractivity contribution is -0.137. The highest BCUT2D eigenvalue weighted by atomic mass is 19.4. The van der Waals surface area contributed by atoms with E-state index in [1.807, 2.05) is 25.9 Å². The maximum Gasteiger partial charge on any atom is 0.416 e. The number of carbonyl (C=O) groups is 1. The zero-order valence-electron chi connectivity index (χ0n) is 24.6. The predicted octanol–water partition coefficient (Wildman–Crippen LogP) is 4.80. The lowest BCUT2D eigenvalue weighted by atomic mass is 10.1. The molecule has 4 aromatic rings. The second-order valence-electron chi connectivity index (χ2n) is 10.2. The van der Waals surface area contributed by atoms with Gasteiger partial charge in [0.15, 0.2) is 5.82 Å². The Hall–Kier alpha value is -4.56. The predicted molar refractivity (Wildman–Crippen MR) is 161 cm³/mol. The Kier molecular flexibility index (Phi) is 9.93. The van der Waals surface area contributed by atoms with Crippen molar-refractivity contribution in [2.75, 3.05) is 75.3 Å². The van der Waals surface area contributed by atoms with Crippen molar-refractivity contribution < 1.29 is 22.7 Å². The summed E-state index contributed by atoms with van der Waals surface area (Å²) >= 11 is 0. The third-order valence-electron chi connectivity index (χ3n) is 6.55. The summed E-state index contributed by atoms with van der Waals surface area (Å²) in [4.78, 5) is 34.2. The minimum absolute atomic E-state index is 0.0357. The monoisotopic (exact) mass is 597 g/mol. The molecule has 11 nitrogen and oxygen atoms in total. The molecular weight excluding hydrogens is 563 g/mol. The molecule has 228 valence electrons. The number of amides is 1. The number of anilines is 5. The van der Waals surface area contributed by atoms with E-state index in [-0.39, 0.29) is 11.3 Å². The maximum absolute atomic E-state index is 13.7. The van der Waals surface area contributed by atoms with E-state index in [2.05, 4.69) is 35.9 Å². The highest BCUT2D eigenvalue weighted by molar-refractivity contribution is 6.05. The molecule has 3 N–H and O–H groups in total. The van der Waals surface area contributed by atoms with Gasteiger partial charge in [0, 0.05) is 56.4 Å². The number of carbonyl (C=O) groups excluding carboxylic acids is 1. The number of aromatic nitrogens is 4. The molecule has 0 radical (unpaired) electrons. The summed E-state index contributed by atoms with van der Waals surface area (Å²) in [6, 6.07) is 8.48. The largest absolute Gasteiger partial charge is 0.416 e. The van der Waals surface area contributed by atoms with Crippen LogP contribution in [0.5, 0.6) is 0 Å². The van der Waals surface area contributed by atoms with Crippen LogP contribution >= 0.6 is 0 Å². The van der Waals surface area contributed by atoms with Crippen LogP contribution in [0.25, 0.3) is 11.0 Å². The number of hydrogen-bond acceptors (Lipinski definition) is 10. The van der Waals surface area contributed by atoms with Crippen molar-refractivity contribution in [3.63, 3.8) is 0 Å². The first-order valence-electron chi connectivity index (χ1n) is 13.4. The van der Waals surface area contributed by atoms with Crippen molar-refractivity contribution in [1.82, 2.24) is 24.8 Å². The van der Waals surface area contributed by atoms with Gasteiger partial charge in [-0.1, -0.05) is 6.07 Å². The number of benzene rings is 2. The molecule has 0 saturated heterocycles. The molecule has 0 aliphatic heterocycles. The SMILES string of the molecule is COCCNc1ncc2ncnc(Nc3cc(C(=O)Nc4cc(N(C)CCN(C)C)cc(C(F)(F)F)c4)ccc3C)c2n1. The molecule has 0 aliphatic carbocycles. The first-order chi connectivity index (χ1) is 20.4. The van der Waals surface area contributed by atoms with E-state index < -0.39 is 17.6 Å². The molecular formula is C29H34F3N9O2. The summed E-state index contributed by atoms with van der Waals surface area (Å²) in [7, 11) is 7.08. The number of ether oxygens (including phenoxy) is 1. The van der Waals surface area contributed by atoms with Gasteiger partial charge in [-0.05, 0) is 56.9 Å². The second-order valence-corrected chi connectivity index (χ2v) is 10.2. The lowest BCUT2D eigenvalue weighted by Gasteiger charge is -2.23. The van der Waals surface area contributed by atoms with Crippen LogP contribution in [0.15, 0.2) is 48.9 Å². The van der Waals surface area contributed by atoms with E-state index in [9.17, 15) is 18.0 Å². The molecule has 2 aromatic heterocycles. The van der Waals surface area contributed by atoms with Crippen molar-refractivity contribution in [1.29, 1.82) is 0 Å². The van der Waals surface area contributed by atoms with Gasteiger partial charge in [0.1, 0.15) is 17.4 Å². The summed E-state index contributed by atoms with van der Waals surface area (Å²) in [5, 5.41) is 8.91. The van der Waals surface area contributed by atoms with Gasteiger partial charge in [-0.15, -0.1) is 0 Å². The number of rotatable bonds is 12. The molecule has 0 aliphatic rings. The van der Waals surface area contributed by atoms with E-state index in [1.165, 1.54) is 12.4 Å². The Labute approximate surface area is 247 Å². The van der Waals surface area contributed by atoms with Crippen LogP contribution in [0, 0.1) is 6.92 Å². The fourth-order valence-corrected chi connectivity index (χ4v) is 4.07. The second kappa shape index (κ2) is 13.6. The highest BCUT2D eigenvalue weighted by Crippen LogP contribution is 2.34. The molecule has 0 fully saturated rings. The summed E-state index contributed by atoms with van der Waals surface area (Å²) in [5.74, 6) is 0.204. The van der Waals surface area contributed by atoms with E-state index in [4.69, 9.17) is 4.74 Å². The Morgan fingerprint density at radius 1 is 1.02 bits per heavy atom. The summed E-state index contributed by atoms with van der Waals surface area (Å²) < 4.78 is 46.2. The van der Waals surface area contributed by atoms with Gasteiger partial charge in [-0.25, -0.2) is 19.9 Å². The first kappa shape index (κ1) is 31.4. The molecule has 2 heterocycles. The van der Waals surface area contributed by atoms with Crippen molar-refractivity contribution in [3.8, 4) is 0 Å². The molecule has 0 unspecified atom stereocenters. The van der Waals surface area contributed by atoms with Crippen molar-refractivity contribution >= 4 is 45.8 Å². The molecule has 4 rings (SSSR count). The summed E-state index contributed by atoms with van der Waals surface area (Å²) in [5.41, 5.74) is 2.10. The van der Waals surface area contributed by atoms with Crippen LogP contribution in [-0.4, -0.2) is 85.2 Å². The standard InChI is InChI=1S/C29H34F3N9O2/c1-18-6-7-19(12-23(18)38-26-25-24(35-17-36-26)16-34-28(39-25)33-8-11-43-5)27(42)37-21-13-20(29(30,31)32)14-22(15-21)41(4)10-9-40(2)3/h6-7,12-17H,8-11H2,1-5H3,(H,37,42)(H,33,34,39)(H,35,36,38). The van der Waals surface area contributed by atoms with Crippen LogP contribution in [-0.2, 0) is 10.9 Å². The van der Waals surface area contributed by atoms with E-state index in [0.29, 0.717) is 60.4 Å². The van der Waals surface area contributed by atoms with Crippen molar-refractivity contribution in [2.24, 2.45) is 0 Å².